The van der Waals surface area contributed by atoms with Crippen molar-refractivity contribution in [2.24, 2.45) is 5.73 Å². The van der Waals surface area contributed by atoms with Crippen molar-refractivity contribution in [3.63, 3.8) is 0 Å². The maximum absolute atomic E-state index is 12.7. The summed E-state index contributed by atoms with van der Waals surface area (Å²) >= 11 is 2.91. The molecule has 0 aromatic carbocycles. The van der Waals surface area contributed by atoms with Crippen LogP contribution in [0.25, 0.3) is 0 Å². The normalized spacial score (nSPS) is 18.4. The maximum atomic E-state index is 12.7. The predicted molar refractivity (Wildman–Crippen MR) is 120 cm³/mol. The van der Waals surface area contributed by atoms with Gasteiger partial charge in [-0.1, -0.05) is 11.8 Å². The highest BCUT2D eigenvalue weighted by Crippen LogP contribution is 2.38. The fourth-order valence-corrected chi connectivity index (χ4v) is 6.36. The van der Waals surface area contributed by atoms with Crippen molar-refractivity contribution in [1.29, 1.82) is 0 Å². The van der Waals surface area contributed by atoms with Gasteiger partial charge in [0.25, 0.3) is 5.91 Å². The molecule has 0 saturated carbocycles. The summed E-state index contributed by atoms with van der Waals surface area (Å²) in [7, 11) is 0. The van der Waals surface area contributed by atoms with E-state index in [1.165, 1.54) is 28.0 Å². The fraction of sp³-hybridized carbons (Fsp3) is 0.571. The van der Waals surface area contributed by atoms with Gasteiger partial charge in [0.05, 0.1) is 29.7 Å². The number of anilines is 1. The fourth-order valence-electron chi connectivity index (χ4n) is 4.15. The summed E-state index contributed by atoms with van der Waals surface area (Å²) in [6, 6.07) is 0. The summed E-state index contributed by atoms with van der Waals surface area (Å²) < 4.78 is 7.93. The molecule has 0 spiro atoms. The van der Waals surface area contributed by atoms with Crippen molar-refractivity contribution in [2.45, 2.75) is 70.2 Å². The van der Waals surface area contributed by atoms with Gasteiger partial charge in [-0.3, -0.25) is 9.59 Å². The van der Waals surface area contributed by atoms with Crippen molar-refractivity contribution in [3.05, 3.63) is 27.4 Å². The minimum atomic E-state index is -0.462. The average Bonchev–Trinajstić information content (AvgIpc) is 3.41. The highest BCUT2D eigenvalue weighted by molar-refractivity contribution is 7.99. The molecule has 2 amide bonds. The minimum Gasteiger partial charge on any atom is -0.376 e. The number of hydrogen-bond acceptors (Lipinski definition) is 6. The zero-order valence-corrected chi connectivity index (χ0v) is 19.1. The Morgan fingerprint density at radius 2 is 2.10 bits per heavy atom. The Hall–Kier alpha value is -1.84. The molecule has 1 aliphatic heterocycles. The summed E-state index contributed by atoms with van der Waals surface area (Å²) in [5, 5.41) is 4.35. The van der Waals surface area contributed by atoms with E-state index in [0.29, 0.717) is 10.6 Å². The highest BCUT2D eigenvalue weighted by atomic mass is 32.2. The Kier molecular flexibility index (Phi) is 6.50. The van der Waals surface area contributed by atoms with E-state index in [2.05, 4.69) is 21.8 Å². The van der Waals surface area contributed by atoms with Crippen LogP contribution in [0.5, 0.6) is 0 Å². The number of carbonyl (C=O) groups excluding carboxylic acids is 2. The molecule has 1 aliphatic carbocycles. The zero-order valence-electron chi connectivity index (χ0n) is 17.5. The number of fused-ring (bicyclic) bond motifs is 1. The van der Waals surface area contributed by atoms with E-state index in [0.717, 1.165) is 73.8 Å². The van der Waals surface area contributed by atoms with Crippen molar-refractivity contribution in [1.82, 2.24) is 9.55 Å². The van der Waals surface area contributed by atoms with Crippen LogP contribution < -0.4 is 11.1 Å². The number of rotatable bonds is 7. The molecule has 162 valence electrons. The lowest BCUT2D eigenvalue weighted by molar-refractivity contribution is -0.113. The Bertz CT molecular complexity index is 960. The molecule has 7 nitrogen and oxygen atoms in total. The third kappa shape index (κ3) is 4.43. The predicted octanol–water partition coefficient (Wildman–Crippen LogP) is 3.45. The van der Waals surface area contributed by atoms with E-state index in [1.807, 2.05) is 6.92 Å². The molecule has 0 bridgehead atoms. The number of imidazole rings is 1. The Balaban J connectivity index is 1.44. The molecule has 2 aromatic heterocycles. The quantitative estimate of drug-likeness (QED) is 0.632. The van der Waals surface area contributed by atoms with Gasteiger partial charge >= 0.3 is 0 Å². The molecule has 0 unspecified atom stereocenters. The number of thiophene rings is 1. The number of aromatic nitrogens is 2. The monoisotopic (exact) mass is 448 g/mol. The van der Waals surface area contributed by atoms with Gasteiger partial charge in [0.15, 0.2) is 5.16 Å². The van der Waals surface area contributed by atoms with Crippen LogP contribution in [-0.4, -0.2) is 39.8 Å². The van der Waals surface area contributed by atoms with Crippen LogP contribution in [0.15, 0.2) is 5.16 Å². The van der Waals surface area contributed by atoms with Gasteiger partial charge in [-0.2, -0.15) is 0 Å². The van der Waals surface area contributed by atoms with E-state index in [-0.39, 0.29) is 17.8 Å². The van der Waals surface area contributed by atoms with E-state index >= 15 is 0 Å². The number of hydrogen-bond donors (Lipinski definition) is 2. The summed E-state index contributed by atoms with van der Waals surface area (Å²) in [6.07, 6.45) is 6.33. The zero-order chi connectivity index (χ0) is 21.3. The first-order valence-corrected chi connectivity index (χ1v) is 12.3. The van der Waals surface area contributed by atoms with Crippen molar-refractivity contribution in [3.8, 4) is 0 Å². The lowest BCUT2D eigenvalue weighted by atomic mass is 9.95. The number of carbonyl (C=O) groups is 2. The van der Waals surface area contributed by atoms with Crippen molar-refractivity contribution in [2.75, 3.05) is 17.7 Å². The van der Waals surface area contributed by atoms with Gasteiger partial charge in [-0.05, 0) is 57.9 Å². The van der Waals surface area contributed by atoms with E-state index in [1.54, 1.807) is 0 Å². The SMILES string of the molecule is Cc1nc(SCC(=O)Nc2sc3c(c2C(N)=O)CCCC3)n(C[C@@H]2CCCO2)c1C. The molecule has 1 fully saturated rings. The number of thioether (sulfide) groups is 1. The number of nitrogens with one attached hydrogen (secondary N) is 1. The van der Waals surface area contributed by atoms with Crippen LogP contribution in [0.4, 0.5) is 5.00 Å². The second-order valence-electron chi connectivity index (χ2n) is 7.93. The molecule has 30 heavy (non-hydrogen) atoms. The smallest absolute Gasteiger partial charge is 0.251 e. The van der Waals surface area contributed by atoms with Crippen LogP contribution in [0.3, 0.4) is 0 Å². The molecule has 2 aromatic rings. The lowest BCUT2D eigenvalue weighted by Crippen LogP contribution is -2.20. The third-order valence-corrected chi connectivity index (χ3v) is 8.02. The van der Waals surface area contributed by atoms with E-state index in [4.69, 9.17) is 10.5 Å². The maximum Gasteiger partial charge on any atom is 0.251 e. The molecule has 2 aliphatic rings. The second kappa shape index (κ2) is 9.11. The van der Waals surface area contributed by atoms with Gasteiger partial charge in [-0.25, -0.2) is 4.98 Å². The number of aryl methyl sites for hydroxylation is 2. The number of nitrogens with zero attached hydrogens (tertiary/aromatic N) is 2. The largest absolute Gasteiger partial charge is 0.376 e. The summed E-state index contributed by atoms with van der Waals surface area (Å²) in [5.41, 5.74) is 9.23. The van der Waals surface area contributed by atoms with E-state index < -0.39 is 5.91 Å². The first-order chi connectivity index (χ1) is 14.4. The molecular formula is C21H28N4O3S2. The number of amides is 2. The van der Waals surface area contributed by atoms with Gasteiger partial charge < -0.3 is 20.4 Å². The van der Waals surface area contributed by atoms with E-state index in [9.17, 15) is 9.59 Å². The van der Waals surface area contributed by atoms with Gasteiger partial charge in [-0.15, -0.1) is 11.3 Å². The van der Waals surface area contributed by atoms with Crippen LogP contribution in [0.2, 0.25) is 0 Å². The molecule has 1 atom stereocenters. The van der Waals surface area contributed by atoms with Crippen LogP contribution in [0, 0.1) is 13.8 Å². The lowest BCUT2D eigenvalue weighted by Gasteiger charge is -2.14. The van der Waals surface area contributed by atoms with Crippen molar-refractivity contribution >= 4 is 39.9 Å². The highest BCUT2D eigenvalue weighted by Gasteiger charge is 2.25. The minimum absolute atomic E-state index is 0.150. The summed E-state index contributed by atoms with van der Waals surface area (Å²) in [5.74, 6) is -0.388. The molecule has 4 rings (SSSR count). The average molecular weight is 449 g/mol. The number of ether oxygens (including phenoxy) is 1. The number of nitrogens with two attached hydrogens (primary N) is 1. The van der Waals surface area contributed by atoms with Gasteiger partial charge in [0.1, 0.15) is 5.00 Å². The molecular weight excluding hydrogens is 420 g/mol. The van der Waals surface area contributed by atoms with Crippen LogP contribution >= 0.6 is 23.1 Å². The molecule has 1 saturated heterocycles. The van der Waals surface area contributed by atoms with Crippen LogP contribution in [-0.2, 0) is 28.9 Å². The van der Waals surface area contributed by atoms with Gasteiger partial charge in [0.2, 0.25) is 5.91 Å². The topological polar surface area (TPSA) is 99.2 Å². The Morgan fingerprint density at radius 1 is 1.30 bits per heavy atom. The summed E-state index contributed by atoms with van der Waals surface area (Å²) in [4.78, 5) is 30.5. The second-order valence-corrected chi connectivity index (χ2v) is 9.97. The molecule has 9 heteroatoms. The molecule has 0 radical (unpaired) electrons. The summed E-state index contributed by atoms with van der Waals surface area (Å²) in [6.45, 7) is 5.62. The van der Waals surface area contributed by atoms with Gasteiger partial charge in [0, 0.05) is 17.2 Å². The molecule has 3 heterocycles. The molecule has 3 N–H and O–H groups in total. The standard InChI is InChI=1S/C21H28N4O3S2/c1-12-13(2)25(10-14-6-5-9-28-14)21(23-12)29-11-17(26)24-20-18(19(22)27)15-7-3-4-8-16(15)30-20/h14H,3-11H2,1-2H3,(H2,22,27)(H,24,26)/t14-/m0/s1. The Labute approximate surface area is 184 Å². The number of primary amides is 1. The third-order valence-electron chi connectivity index (χ3n) is 5.84. The first kappa shape index (κ1) is 21.4. The van der Waals surface area contributed by atoms with Crippen molar-refractivity contribution < 1.29 is 14.3 Å². The van der Waals surface area contributed by atoms with Crippen LogP contribution in [0.1, 0.15) is 57.9 Å². The first-order valence-electron chi connectivity index (χ1n) is 10.5. The Morgan fingerprint density at radius 3 is 2.83 bits per heavy atom.